The van der Waals surface area contributed by atoms with Crippen LogP contribution < -0.4 is 0 Å². The van der Waals surface area contributed by atoms with E-state index in [4.69, 9.17) is 0 Å². The Labute approximate surface area is 95.4 Å². The second kappa shape index (κ2) is 4.08. The molecular formula is C12H8F3NO. The molecule has 2 rings (SSSR count). The van der Waals surface area contributed by atoms with Crippen LogP contribution in [0.5, 0.6) is 5.75 Å². The molecule has 0 spiro atoms. The number of pyridine rings is 1. The Hall–Kier alpha value is -2.04. The summed E-state index contributed by atoms with van der Waals surface area (Å²) >= 11 is 0. The Morgan fingerprint density at radius 1 is 1.06 bits per heavy atom. The average Bonchev–Trinajstić information content (AvgIpc) is 2.28. The quantitative estimate of drug-likeness (QED) is 0.826. The summed E-state index contributed by atoms with van der Waals surface area (Å²) in [5, 5.41) is 9.35. The summed E-state index contributed by atoms with van der Waals surface area (Å²) in [7, 11) is 0. The second-order valence-electron chi connectivity index (χ2n) is 3.44. The van der Waals surface area contributed by atoms with Crippen LogP contribution in [0.4, 0.5) is 13.2 Å². The smallest absolute Gasteiger partial charge is 0.420 e. The molecule has 88 valence electrons. The number of hydrogen-bond donors (Lipinski definition) is 1. The van der Waals surface area contributed by atoms with Crippen molar-refractivity contribution in [3.63, 3.8) is 0 Å². The molecule has 1 aromatic carbocycles. The molecule has 0 radical (unpaired) electrons. The Bertz CT molecular complexity index is 523. The summed E-state index contributed by atoms with van der Waals surface area (Å²) in [6.07, 6.45) is -1.81. The summed E-state index contributed by atoms with van der Waals surface area (Å²) in [5.74, 6) is -0.779. The number of phenols is 1. The fourth-order valence-electron chi connectivity index (χ4n) is 1.60. The van der Waals surface area contributed by atoms with Crippen LogP contribution in [0.2, 0.25) is 0 Å². The van der Waals surface area contributed by atoms with Crippen LogP contribution >= 0.6 is 0 Å². The van der Waals surface area contributed by atoms with Gasteiger partial charge in [0, 0.05) is 18.0 Å². The normalized spacial score (nSPS) is 11.5. The molecule has 5 heteroatoms. The zero-order valence-corrected chi connectivity index (χ0v) is 8.57. The number of hydrogen-bond acceptors (Lipinski definition) is 2. The summed E-state index contributed by atoms with van der Waals surface area (Å²) in [4.78, 5) is 3.76. The molecule has 0 amide bonds. The number of rotatable bonds is 1. The molecule has 0 saturated heterocycles. The fourth-order valence-corrected chi connectivity index (χ4v) is 1.60. The standard InChI is InChI=1S/C12H8F3NO/c13-12(14,15)11-9(4-1-5-10(11)17)8-3-2-6-16-7-8/h1-7,17H. The number of phenolic OH excluding ortho intramolecular Hbond substituents is 1. The van der Waals surface area contributed by atoms with Crippen LogP contribution in [0.15, 0.2) is 42.7 Å². The SMILES string of the molecule is Oc1cccc(-c2cccnc2)c1C(F)(F)F. The molecule has 0 atom stereocenters. The maximum atomic E-state index is 12.8. The molecule has 0 unspecified atom stereocenters. The number of alkyl halides is 3. The monoisotopic (exact) mass is 239 g/mol. The van der Waals surface area contributed by atoms with E-state index in [1.807, 2.05) is 0 Å². The van der Waals surface area contributed by atoms with Gasteiger partial charge in [-0.15, -0.1) is 0 Å². The largest absolute Gasteiger partial charge is 0.507 e. The lowest BCUT2D eigenvalue weighted by Gasteiger charge is -2.14. The van der Waals surface area contributed by atoms with Crippen molar-refractivity contribution >= 4 is 0 Å². The summed E-state index contributed by atoms with van der Waals surface area (Å²) in [5.41, 5.74) is -0.797. The van der Waals surface area contributed by atoms with Gasteiger partial charge in [-0.25, -0.2) is 0 Å². The van der Waals surface area contributed by atoms with E-state index in [9.17, 15) is 18.3 Å². The van der Waals surface area contributed by atoms with Crippen LogP contribution in [-0.4, -0.2) is 10.1 Å². The topological polar surface area (TPSA) is 33.1 Å². The van der Waals surface area contributed by atoms with E-state index in [2.05, 4.69) is 4.98 Å². The maximum absolute atomic E-state index is 12.8. The van der Waals surface area contributed by atoms with Crippen molar-refractivity contribution in [3.8, 4) is 16.9 Å². The van der Waals surface area contributed by atoms with Gasteiger partial charge in [0.05, 0.1) is 0 Å². The van der Waals surface area contributed by atoms with Gasteiger partial charge in [0.2, 0.25) is 0 Å². The number of benzene rings is 1. The van der Waals surface area contributed by atoms with Gasteiger partial charge in [-0.3, -0.25) is 4.98 Å². The summed E-state index contributed by atoms with van der Waals surface area (Å²) in [6, 6.07) is 6.74. The molecule has 0 saturated carbocycles. The Morgan fingerprint density at radius 2 is 1.82 bits per heavy atom. The highest BCUT2D eigenvalue weighted by Gasteiger charge is 2.36. The van der Waals surface area contributed by atoms with E-state index in [0.717, 1.165) is 6.07 Å². The number of nitrogens with zero attached hydrogens (tertiary/aromatic N) is 1. The molecule has 0 bridgehead atoms. The summed E-state index contributed by atoms with van der Waals surface area (Å²) in [6.45, 7) is 0. The molecule has 2 aromatic rings. The third kappa shape index (κ3) is 2.22. The summed E-state index contributed by atoms with van der Waals surface area (Å²) < 4.78 is 38.4. The third-order valence-electron chi connectivity index (χ3n) is 2.30. The molecule has 0 aliphatic heterocycles. The van der Waals surface area contributed by atoms with Gasteiger partial charge in [0.15, 0.2) is 0 Å². The molecule has 2 nitrogen and oxygen atoms in total. The van der Waals surface area contributed by atoms with Gasteiger partial charge in [-0.2, -0.15) is 13.2 Å². The highest BCUT2D eigenvalue weighted by Crippen LogP contribution is 2.41. The molecule has 1 aromatic heterocycles. The van der Waals surface area contributed by atoms with E-state index >= 15 is 0 Å². The van der Waals surface area contributed by atoms with Crippen LogP contribution in [0, 0.1) is 0 Å². The van der Waals surface area contributed by atoms with Gasteiger partial charge < -0.3 is 5.11 Å². The van der Waals surface area contributed by atoms with Crippen LogP contribution in [0.3, 0.4) is 0 Å². The zero-order chi connectivity index (χ0) is 12.5. The van der Waals surface area contributed by atoms with Crippen LogP contribution in [-0.2, 0) is 6.18 Å². The van der Waals surface area contributed by atoms with Gasteiger partial charge in [0.1, 0.15) is 11.3 Å². The van der Waals surface area contributed by atoms with Crippen molar-refractivity contribution < 1.29 is 18.3 Å². The maximum Gasteiger partial charge on any atom is 0.420 e. The minimum Gasteiger partial charge on any atom is -0.507 e. The fraction of sp³-hybridized carbons (Fsp3) is 0.0833. The van der Waals surface area contributed by atoms with Crippen molar-refractivity contribution in [1.29, 1.82) is 0 Å². The third-order valence-corrected chi connectivity index (χ3v) is 2.30. The second-order valence-corrected chi connectivity index (χ2v) is 3.44. The van der Waals surface area contributed by atoms with E-state index < -0.39 is 17.5 Å². The van der Waals surface area contributed by atoms with Gasteiger partial charge >= 0.3 is 6.18 Å². The van der Waals surface area contributed by atoms with Crippen molar-refractivity contribution in [2.24, 2.45) is 0 Å². The molecule has 0 fully saturated rings. The molecule has 17 heavy (non-hydrogen) atoms. The number of halogens is 3. The molecule has 0 aliphatic rings. The molecule has 1 heterocycles. The van der Waals surface area contributed by atoms with Crippen molar-refractivity contribution in [1.82, 2.24) is 4.98 Å². The Balaban J connectivity index is 2.67. The van der Waals surface area contributed by atoms with Crippen molar-refractivity contribution in [2.45, 2.75) is 6.18 Å². The first-order valence-electron chi connectivity index (χ1n) is 4.79. The molecule has 1 N–H and O–H groups in total. The lowest BCUT2D eigenvalue weighted by molar-refractivity contribution is -0.138. The highest BCUT2D eigenvalue weighted by atomic mass is 19.4. The van der Waals surface area contributed by atoms with Gasteiger partial charge in [-0.05, 0) is 17.7 Å². The number of aromatic hydroxyl groups is 1. The van der Waals surface area contributed by atoms with E-state index in [0.29, 0.717) is 5.56 Å². The highest BCUT2D eigenvalue weighted by molar-refractivity contribution is 5.70. The van der Waals surface area contributed by atoms with Crippen molar-refractivity contribution in [2.75, 3.05) is 0 Å². The van der Waals surface area contributed by atoms with Gasteiger partial charge in [0.25, 0.3) is 0 Å². The van der Waals surface area contributed by atoms with Gasteiger partial charge in [-0.1, -0.05) is 18.2 Å². The first-order chi connectivity index (χ1) is 8.00. The predicted molar refractivity (Wildman–Crippen MR) is 56.3 cm³/mol. The van der Waals surface area contributed by atoms with Crippen LogP contribution in [0.1, 0.15) is 5.56 Å². The predicted octanol–water partition coefficient (Wildman–Crippen LogP) is 3.47. The van der Waals surface area contributed by atoms with E-state index in [1.165, 1.54) is 30.6 Å². The lowest BCUT2D eigenvalue weighted by Crippen LogP contribution is -2.07. The molecule has 0 aliphatic carbocycles. The van der Waals surface area contributed by atoms with Crippen LogP contribution in [0.25, 0.3) is 11.1 Å². The Kier molecular flexibility index (Phi) is 2.75. The average molecular weight is 239 g/mol. The minimum atomic E-state index is -4.60. The zero-order valence-electron chi connectivity index (χ0n) is 8.57. The Morgan fingerprint density at radius 3 is 2.41 bits per heavy atom. The number of aromatic nitrogens is 1. The van der Waals surface area contributed by atoms with Crippen molar-refractivity contribution in [3.05, 3.63) is 48.3 Å². The van der Waals surface area contributed by atoms with E-state index in [-0.39, 0.29) is 5.56 Å². The first-order valence-corrected chi connectivity index (χ1v) is 4.79. The molecular weight excluding hydrogens is 231 g/mol. The minimum absolute atomic E-state index is 0.0781. The van der Waals surface area contributed by atoms with E-state index in [1.54, 1.807) is 6.07 Å². The first kappa shape index (κ1) is 11.4. The lowest BCUT2D eigenvalue weighted by atomic mass is 10.00.